The molecular weight excluding hydrogens is 907 g/mol. The summed E-state index contributed by atoms with van der Waals surface area (Å²) in [7, 11) is -6.09. The average Bonchev–Trinajstić information content (AvgIpc) is 4.04. The summed E-state index contributed by atoms with van der Waals surface area (Å²) in [5.41, 5.74) is 9.38. The van der Waals surface area contributed by atoms with Gasteiger partial charge in [0.25, 0.3) is 0 Å². The maximum atomic E-state index is 10.7. The fraction of sp³-hybridized carbons (Fsp3) is 0.0222. The van der Waals surface area contributed by atoms with E-state index in [-0.39, 0.29) is 46.9 Å². The van der Waals surface area contributed by atoms with Gasteiger partial charge in [-0.1, -0.05) is 146 Å². The second kappa shape index (κ2) is 16.7. The molecular formula is C45H28F3N4O3SYb. The van der Waals surface area contributed by atoms with E-state index in [2.05, 4.69) is 146 Å². The van der Waals surface area contributed by atoms with Gasteiger partial charge in [-0.15, -0.1) is 22.1 Å². The van der Waals surface area contributed by atoms with Crippen LogP contribution in [0.15, 0.2) is 146 Å². The molecule has 4 aromatic carbocycles. The number of rotatable bonds is 4. The fourth-order valence-electron chi connectivity index (χ4n) is 6.69. The first-order chi connectivity index (χ1) is 27.0. The van der Waals surface area contributed by atoms with Gasteiger partial charge in [-0.3, -0.25) is 0 Å². The van der Waals surface area contributed by atoms with E-state index >= 15 is 0 Å². The molecule has 0 saturated carbocycles. The minimum absolute atomic E-state index is 0. The zero-order valence-electron chi connectivity index (χ0n) is 29.5. The first-order valence-electron chi connectivity index (χ1n) is 17.3. The summed E-state index contributed by atoms with van der Waals surface area (Å²) in [6.07, 6.45) is 8.41. The van der Waals surface area contributed by atoms with Gasteiger partial charge >= 0.3 is 52.4 Å². The van der Waals surface area contributed by atoms with E-state index in [4.69, 9.17) is 32.9 Å². The molecule has 0 spiro atoms. The maximum Gasteiger partial charge on any atom is 3.00 e. The Morgan fingerprint density at radius 3 is 0.825 bits per heavy atom. The molecule has 0 fully saturated rings. The Labute approximate surface area is 364 Å². The third-order valence-electron chi connectivity index (χ3n) is 9.14. The van der Waals surface area contributed by atoms with Gasteiger partial charge in [-0.2, -0.15) is 13.2 Å². The minimum Gasteiger partial charge on any atom is -0.741 e. The average molecular weight is 935 g/mol. The van der Waals surface area contributed by atoms with Crippen molar-refractivity contribution >= 4 is 56.5 Å². The third-order valence-corrected chi connectivity index (χ3v) is 9.71. The van der Waals surface area contributed by atoms with Crippen LogP contribution >= 0.6 is 0 Å². The standard InChI is InChI=1S/C44H28N4.CHF3O3S.Yb/c1-5-13-29(14-6-1)41-33-21-23-35(45-33)42(30-15-7-2-8-16-30)37-25-27-39(47-37)44(32-19-11-4-12-20-32)40-28-26-38(48-40)43(31-17-9-3-10-18-31)36-24-22-34(41)46-36;2-1(3,4)8(5,6)7;/h1-28H;(H,5,6,7);/q-2;;+3/p-1. The molecule has 3 aromatic heterocycles. The molecule has 9 rings (SSSR count). The molecule has 7 nitrogen and oxygen atoms in total. The van der Waals surface area contributed by atoms with E-state index in [9.17, 15) is 13.2 Å². The summed E-state index contributed by atoms with van der Waals surface area (Å²) < 4.78 is 58.9. The Balaban J connectivity index is 0.000000501. The molecule has 0 amide bonds. The Hall–Kier alpha value is -5.30. The second-order valence-electron chi connectivity index (χ2n) is 12.7. The molecule has 0 N–H and O–H groups in total. The van der Waals surface area contributed by atoms with E-state index in [0.717, 1.165) is 89.4 Å². The molecule has 0 aliphatic carbocycles. The monoisotopic (exact) mass is 935 g/mol. The predicted octanol–water partition coefficient (Wildman–Crippen LogP) is 10.6. The van der Waals surface area contributed by atoms with Crippen molar-refractivity contribution in [2.75, 3.05) is 0 Å². The Bertz CT molecular complexity index is 2570. The van der Waals surface area contributed by atoms with Crippen molar-refractivity contribution in [2.24, 2.45) is 0 Å². The molecule has 0 atom stereocenters. The molecule has 0 unspecified atom stereocenters. The number of aromatic nitrogens is 4. The topological polar surface area (TPSA) is 111 Å². The van der Waals surface area contributed by atoms with Crippen molar-refractivity contribution in [3.05, 3.63) is 168 Å². The SMILES string of the molecule is C1=Cc2nc1c(-c1ccccc1)c1ccc([n-]1)c(-c1ccccc1)c1nc(c(-c3ccccc3)c3ccc([n-]3)c2-c2ccccc2)C=C1.O=S(=O)([O-])C(F)(F)F.[Yb+3]. The van der Waals surface area contributed by atoms with Gasteiger partial charge in [0, 0.05) is 0 Å². The number of nitrogens with zero attached hydrogens (tertiary/aromatic N) is 4. The van der Waals surface area contributed by atoms with Crippen molar-refractivity contribution in [3.63, 3.8) is 0 Å². The van der Waals surface area contributed by atoms with Crippen molar-refractivity contribution in [3.8, 4) is 44.5 Å². The van der Waals surface area contributed by atoms with Gasteiger partial charge < -0.3 is 14.5 Å². The molecule has 5 heterocycles. The summed E-state index contributed by atoms with van der Waals surface area (Å²) in [5.74, 6) is 0. The summed E-state index contributed by atoms with van der Waals surface area (Å²) in [6.45, 7) is 0. The van der Waals surface area contributed by atoms with E-state index in [0.29, 0.717) is 0 Å². The van der Waals surface area contributed by atoms with E-state index in [1.54, 1.807) is 0 Å². The van der Waals surface area contributed by atoms with Gasteiger partial charge in [0.05, 0.1) is 22.8 Å². The number of alkyl halides is 3. The quantitative estimate of drug-likeness (QED) is 0.128. The number of hydrogen-bond donors (Lipinski definition) is 0. The zero-order chi connectivity index (χ0) is 38.9. The second-order valence-corrected chi connectivity index (χ2v) is 14.1. The van der Waals surface area contributed by atoms with Crippen LogP contribution < -0.4 is 9.97 Å². The third kappa shape index (κ3) is 8.39. The zero-order valence-corrected chi connectivity index (χ0v) is 32.0. The van der Waals surface area contributed by atoms with Crippen molar-refractivity contribution in [1.82, 2.24) is 19.9 Å². The normalized spacial score (nSPS) is 12.1. The first kappa shape index (κ1) is 39.9. The summed E-state index contributed by atoms with van der Waals surface area (Å²) in [5, 5.41) is 0. The maximum absolute atomic E-state index is 10.7. The summed E-state index contributed by atoms with van der Waals surface area (Å²) >= 11 is 0. The molecule has 7 aromatic rings. The van der Waals surface area contributed by atoms with E-state index in [1.165, 1.54) is 0 Å². The van der Waals surface area contributed by atoms with Gasteiger partial charge in [0.1, 0.15) is 0 Å². The Morgan fingerprint density at radius 2 is 0.632 bits per heavy atom. The molecule has 8 bridgehead atoms. The number of hydrogen-bond acceptors (Lipinski definition) is 5. The van der Waals surface area contributed by atoms with Crippen LogP contribution in [0, 0.1) is 46.9 Å². The van der Waals surface area contributed by atoms with Crippen LogP contribution in [0.2, 0.25) is 0 Å². The van der Waals surface area contributed by atoms with E-state index in [1.807, 2.05) is 24.3 Å². The molecule has 12 heteroatoms. The fourth-order valence-corrected chi connectivity index (χ4v) is 6.69. The van der Waals surface area contributed by atoms with Crippen LogP contribution in [-0.2, 0) is 10.1 Å². The summed E-state index contributed by atoms with van der Waals surface area (Å²) in [4.78, 5) is 21.2. The van der Waals surface area contributed by atoms with Crippen LogP contribution in [0.25, 0.3) is 90.9 Å². The minimum atomic E-state index is -6.09. The number of benzene rings is 4. The molecule has 2 aliphatic heterocycles. The Morgan fingerprint density at radius 1 is 0.421 bits per heavy atom. The van der Waals surface area contributed by atoms with Crippen LogP contribution in [0.3, 0.4) is 0 Å². The van der Waals surface area contributed by atoms with Gasteiger partial charge in [-0.25, -0.2) is 18.4 Å². The van der Waals surface area contributed by atoms with E-state index < -0.39 is 15.6 Å². The van der Waals surface area contributed by atoms with Gasteiger partial charge in [0.2, 0.25) is 0 Å². The Kier molecular flexibility index (Phi) is 11.7. The predicted molar refractivity (Wildman–Crippen MR) is 214 cm³/mol. The van der Waals surface area contributed by atoms with Crippen molar-refractivity contribution in [2.45, 2.75) is 5.51 Å². The number of fused-ring (bicyclic) bond motifs is 8. The molecule has 287 valence electrons. The first-order valence-corrected chi connectivity index (χ1v) is 18.8. The van der Waals surface area contributed by atoms with Crippen LogP contribution in [0.1, 0.15) is 22.8 Å². The van der Waals surface area contributed by atoms with Crippen molar-refractivity contribution < 1.29 is 73.1 Å². The van der Waals surface area contributed by atoms with Crippen LogP contribution in [0.4, 0.5) is 13.2 Å². The van der Waals surface area contributed by atoms with Gasteiger partial charge in [-0.05, 0) is 68.8 Å². The molecule has 0 saturated heterocycles. The molecule has 2 aliphatic rings. The molecule has 57 heavy (non-hydrogen) atoms. The number of halogens is 3. The van der Waals surface area contributed by atoms with Crippen LogP contribution in [0.5, 0.6) is 0 Å². The molecule has 1 radical (unpaired) electrons. The van der Waals surface area contributed by atoms with Gasteiger partial charge in [0.15, 0.2) is 10.1 Å². The smallest absolute Gasteiger partial charge is 0.741 e. The largest absolute Gasteiger partial charge is 3.00 e. The summed E-state index contributed by atoms with van der Waals surface area (Å²) in [6, 6.07) is 50.0. The van der Waals surface area contributed by atoms with Crippen LogP contribution in [-0.4, -0.2) is 28.4 Å². The van der Waals surface area contributed by atoms with Crippen molar-refractivity contribution in [1.29, 1.82) is 0 Å².